The van der Waals surface area contributed by atoms with Crippen LogP contribution in [0.3, 0.4) is 0 Å². The Bertz CT molecular complexity index is 781. The first-order valence-corrected chi connectivity index (χ1v) is 8.47. The highest BCUT2D eigenvalue weighted by molar-refractivity contribution is 6.31. The maximum Gasteiger partial charge on any atom is 0.243 e. The summed E-state index contributed by atoms with van der Waals surface area (Å²) in [7, 11) is 1.78. The molecule has 0 unspecified atom stereocenters. The quantitative estimate of drug-likeness (QED) is 0.779. The number of nitrogens with one attached hydrogen (secondary N) is 2. The Morgan fingerprint density at radius 2 is 1.81 bits per heavy atom. The number of benzene rings is 2. The molecule has 0 bridgehead atoms. The van der Waals surface area contributed by atoms with Crippen LogP contribution in [-0.4, -0.2) is 36.9 Å². The Morgan fingerprint density at radius 3 is 2.50 bits per heavy atom. The second-order valence-corrected chi connectivity index (χ2v) is 6.44. The lowest BCUT2D eigenvalue weighted by atomic mass is 10.2. The summed E-state index contributed by atoms with van der Waals surface area (Å²) < 4.78 is 12.9. The van der Waals surface area contributed by atoms with Gasteiger partial charge >= 0.3 is 0 Å². The molecule has 26 heavy (non-hydrogen) atoms. The van der Waals surface area contributed by atoms with Crippen LogP contribution in [-0.2, 0) is 16.1 Å². The van der Waals surface area contributed by atoms with E-state index in [-0.39, 0.29) is 30.7 Å². The van der Waals surface area contributed by atoms with Crippen LogP contribution in [0, 0.1) is 12.7 Å². The maximum absolute atomic E-state index is 12.9. The zero-order valence-electron chi connectivity index (χ0n) is 14.7. The van der Waals surface area contributed by atoms with Gasteiger partial charge in [0.05, 0.1) is 13.1 Å². The van der Waals surface area contributed by atoms with Crippen molar-refractivity contribution in [3.8, 4) is 0 Å². The summed E-state index contributed by atoms with van der Waals surface area (Å²) in [5.74, 6) is -0.896. The number of hydrogen-bond donors (Lipinski definition) is 2. The number of anilines is 1. The van der Waals surface area contributed by atoms with Gasteiger partial charge in [-0.3, -0.25) is 14.5 Å². The predicted molar refractivity (Wildman–Crippen MR) is 101 cm³/mol. The Morgan fingerprint density at radius 1 is 1.12 bits per heavy atom. The molecule has 0 saturated carbocycles. The molecule has 2 rings (SSSR count). The molecule has 0 atom stereocenters. The summed E-state index contributed by atoms with van der Waals surface area (Å²) in [6.07, 6.45) is 0. The third-order valence-electron chi connectivity index (χ3n) is 3.77. The molecule has 0 aliphatic carbocycles. The lowest BCUT2D eigenvalue weighted by molar-refractivity contribution is -0.124. The highest BCUT2D eigenvalue weighted by Gasteiger charge is 2.11. The number of hydrogen-bond acceptors (Lipinski definition) is 3. The summed E-state index contributed by atoms with van der Waals surface area (Å²) in [6, 6.07) is 11.3. The Balaban J connectivity index is 1.76. The van der Waals surface area contributed by atoms with E-state index in [0.717, 1.165) is 11.1 Å². The van der Waals surface area contributed by atoms with E-state index >= 15 is 0 Å². The van der Waals surface area contributed by atoms with Crippen LogP contribution < -0.4 is 10.6 Å². The van der Waals surface area contributed by atoms with Gasteiger partial charge in [0.15, 0.2) is 0 Å². The van der Waals surface area contributed by atoms with Crippen molar-refractivity contribution in [1.29, 1.82) is 0 Å². The minimum Gasteiger partial charge on any atom is -0.346 e. The van der Waals surface area contributed by atoms with Crippen molar-refractivity contribution in [2.45, 2.75) is 13.5 Å². The van der Waals surface area contributed by atoms with E-state index in [1.54, 1.807) is 49.2 Å². The number of amides is 2. The van der Waals surface area contributed by atoms with Gasteiger partial charge in [0.1, 0.15) is 5.82 Å². The van der Waals surface area contributed by atoms with Crippen molar-refractivity contribution < 1.29 is 14.0 Å². The Hall–Kier alpha value is -2.44. The summed E-state index contributed by atoms with van der Waals surface area (Å²) in [5.41, 5.74) is 2.29. The van der Waals surface area contributed by atoms with Crippen molar-refractivity contribution in [2.24, 2.45) is 0 Å². The number of halogens is 2. The van der Waals surface area contributed by atoms with Crippen LogP contribution in [0.4, 0.5) is 10.1 Å². The van der Waals surface area contributed by atoms with Crippen molar-refractivity contribution in [3.05, 3.63) is 64.4 Å². The molecule has 0 spiro atoms. The van der Waals surface area contributed by atoms with E-state index in [1.165, 1.54) is 12.1 Å². The van der Waals surface area contributed by atoms with E-state index in [0.29, 0.717) is 17.3 Å². The number of nitrogens with zero attached hydrogens (tertiary/aromatic N) is 1. The van der Waals surface area contributed by atoms with Crippen LogP contribution in [0.2, 0.25) is 5.02 Å². The molecule has 0 saturated heterocycles. The fourth-order valence-corrected chi connectivity index (χ4v) is 2.55. The van der Waals surface area contributed by atoms with Crippen molar-refractivity contribution in [2.75, 3.05) is 25.5 Å². The zero-order chi connectivity index (χ0) is 19.1. The average Bonchev–Trinajstić information content (AvgIpc) is 2.59. The lowest BCUT2D eigenvalue weighted by Crippen LogP contribution is -2.39. The Kier molecular flexibility index (Phi) is 7.12. The fourth-order valence-electron chi connectivity index (χ4n) is 2.37. The maximum atomic E-state index is 12.9. The molecule has 5 nitrogen and oxygen atoms in total. The molecule has 2 N–H and O–H groups in total. The molecule has 0 radical (unpaired) electrons. The molecular formula is C19H21ClFN3O2. The molecule has 7 heteroatoms. The molecule has 2 amide bonds. The van der Waals surface area contributed by atoms with Gasteiger partial charge < -0.3 is 10.6 Å². The SMILES string of the molecule is Cc1c(Cl)cccc1NC(=O)CNC(=O)CN(C)Cc1ccc(F)cc1. The van der Waals surface area contributed by atoms with Crippen LogP contribution in [0.1, 0.15) is 11.1 Å². The third kappa shape index (κ3) is 6.13. The predicted octanol–water partition coefficient (Wildman–Crippen LogP) is 2.97. The highest BCUT2D eigenvalue weighted by atomic mass is 35.5. The standard InChI is InChI=1S/C19H21ClFN3O2/c1-13-16(20)4-3-5-17(13)23-18(25)10-22-19(26)12-24(2)11-14-6-8-15(21)9-7-14/h3-9H,10-12H2,1-2H3,(H,22,26)(H,23,25). The van der Waals surface area contributed by atoms with Gasteiger partial charge in [-0.2, -0.15) is 0 Å². The van der Waals surface area contributed by atoms with Gasteiger partial charge in [0.2, 0.25) is 11.8 Å². The topological polar surface area (TPSA) is 61.4 Å². The average molecular weight is 378 g/mol. The van der Waals surface area contributed by atoms with E-state index < -0.39 is 0 Å². The van der Waals surface area contributed by atoms with E-state index in [1.807, 2.05) is 0 Å². The smallest absolute Gasteiger partial charge is 0.243 e. The lowest BCUT2D eigenvalue weighted by Gasteiger charge is -2.16. The number of carbonyl (C=O) groups excluding carboxylic acids is 2. The first kappa shape index (κ1) is 19.9. The monoisotopic (exact) mass is 377 g/mol. The summed E-state index contributed by atoms with van der Waals surface area (Å²) in [6.45, 7) is 2.30. The number of carbonyl (C=O) groups is 2. The largest absolute Gasteiger partial charge is 0.346 e. The minimum absolute atomic E-state index is 0.126. The van der Waals surface area contributed by atoms with Crippen molar-refractivity contribution in [3.63, 3.8) is 0 Å². The van der Waals surface area contributed by atoms with E-state index in [9.17, 15) is 14.0 Å². The van der Waals surface area contributed by atoms with Crippen LogP contribution in [0.15, 0.2) is 42.5 Å². The van der Waals surface area contributed by atoms with Gasteiger partial charge in [-0.1, -0.05) is 29.8 Å². The summed E-state index contributed by atoms with van der Waals surface area (Å²) >= 11 is 6.01. The zero-order valence-corrected chi connectivity index (χ0v) is 15.4. The first-order chi connectivity index (χ1) is 12.3. The van der Waals surface area contributed by atoms with Crippen LogP contribution in [0.25, 0.3) is 0 Å². The van der Waals surface area contributed by atoms with E-state index in [4.69, 9.17) is 11.6 Å². The van der Waals surface area contributed by atoms with Crippen LogP contribution >= 0.6 is 11.6 Å². The highest BCUT2D eigenvalue weighted by Crippen LogP contribution is 2.22. The molecule has 138 valence electrons. The van der Waals surface area contributed by atoms with Gasteiger partial charge in [-0.15, -0.1) is 0 Å². The van der Waals surface area contributed by atoms with Crippen molar-refractivity contribution >= 4 is 29.1 Å². The second-order valence-electron chi connectivity index (χ2n) is 6.04. The second kappa shape index (κ2) is 9.31. The minimum atomic E-state index is -0.329. The molecule has 0 aromatic heterocycles. The molecule has 0 fully saturated rings. The molecule has 2 aromatic carbocycles. The Labute approximate surface area is 157 Å². The molecule has 2 aromatic rings. The molecule has 0 aliphatic heterocycles. The molecule has 0 heterocycles. The van der Waals surface area contributed by atoms with Crippen molar-refractivity contribution in [1.82, 2.24) is 10.2 Å². The summed E-state index contributed by atoms with van der Waals surface area (Å²) in [4.78, 5) is 25.7. The van der Waals surface area contributed by atoms with E-state index in [2.05, 4.69) is 10.6 Å². The molecule has 0 aliphatic rings. The summed E-state index contributed by atoms with van der Waals surface area (Å²) in [5, 5.41) is 5.86. The normalized spacial score (nSPS) is 10.7. The van der Waals surface area contributed by atoms with Gasteiger partial charge in [-0.25, -0.2) is 4.39 Å². The van der Waals surface area contributed by atoms with Gasteiger partial charge in [0, 0.05) is 17.3 Å². The van der Waals surface area contributed by atoms with Crippen LogP contribution in [0.5, 0.6) is 0 Å². The number of rotatable bonds is 7. The fraction of sp³-hybridized carbons (Fsp3) is 0.263. The van der Waals surface area contributed by atoms with Gasteiger partial charge in [-0.05, 0) is 49.4 Å². The third-order valence-corrected chi connectivity index (χ3v) is 4.18. The molecular weight excluding hydrogens is 357 g/mol. The number of likely N-dealkylation sites (N-methyl/N-ethyl adjacent to an activating group) is 1. The first-order valence-electron chi connectivity index (χ1n) is 8.10. The van der Waals surface area contributed by atoms with Gasteiger partial charge in [0.25, 0.3) is 0 Å².